The van der Waals surface area contributed by atoms with Crippen molar-refractivity contribution in [2.24, 2.45) is 0 Å². The summed E-state index contributed by atoms with van der Waals surface area (Å²) in [6, 6.07) is 7.94. The number of benzene rings is 1. The van der Waals surface area contributed by atoms with Crippen molar-refractivity contribution in [2.45, 2.75) is 39.7 Å². The molecule has 0 spiro atoms. The van der Waals surface area contributed by atoms with Crippen molar-refractivity contribution in [3.63, 3.8) is 0 Å². The Labute approximate surface area is 110 Å². The van der Waals surface area contributed by atoms with Crippen molar-refractivity contribution >= 4 is 12.8 Å². The monoisotopic (exact) mass is 267 g/mol. The third kappa shape index (κ3) is 1.85. The molecule has 0 amide bonds. The van der Waals surface area contributed by atoms with Crippen LogP contribution in [0.2, 0.25) is 0 Å². The van der Waals surface area contributed by atoms with Crippen molar-refractivity contribution in [2.75, 3.05) is 13.1 Å². The van der Waals surface area contributed by atoms with Gasteiger partial charge in [-0.3, -0.25) is 4.57 Å². The molecule has 1 aliphatic rings. The van der Waals surface area contributed by atoms with Crippen LogP contribution in [-0.4, -0.2) is 17.8 Å². The minimum absolute atomic E-state index is 0.422. The van der Waals surface area contributed by atoms with E-state index in [0.717, 1.165) is 30.4 Å². The van der Waals surface area contributed by atoms with Crippen LogP contribution in [-0.2, 0) is 14.7 Å². The molecule has 0 saturated carbocycles. The zero-order chi connectivity index (χ0) is 13.4. The minimum atomic E-state index is -2.87. The molecule has 2 rings (SSSR count). The van der Waals surface area contributed by atoms with Gasteiger partial charge in [-0.1, -0.05) is 39.0 Å². The van der Waals surface area contributed by atoms with E-state index in [9.17, 15) is 4.57 Å². The summed E-state index contributed by atoms with van der Waals surface area (Å²) in [5.41, 5.74) is 0.664. The summed E-state index contributed by atoms with van der Waals surface area (Å²) in [6.07, 6.45) is 0.829. The number of nitrogens with zero attached hydrogens (tertiary/aromatic N) is 1. The van der Waals surface area contributed by atoms with E-state index in [1.807, 2.05) is 49.7 Å². The summed E-state index contributed by atoms with van der Waals surface area (Å²) >= 11 is 0. The van der Waals surface area contributed by atoms with Crippen LogP contribution in [0, 0.1) is 0 Å². The molecular weight excluding hydrogens is 245 g/mol. The van der Waals surface area contributed by atoms with Crippen LogP contribution in [0.25, 0.3) is 0 Å². The fraction of sp³-hybridized carbons (Fsp3) is 0.571. The number of hydrogen-bond donors (Lipinski definition) is 0. The quantitative estimate of drug-likeness (QED) is 0.782. The predicted molar refractivity (Wildman–Crippen MR) is 75.3 cm³/mol. The molecule has 100 valence electrons. The number of hydrogen-bond acceptors (Lipinski definition) is 2. The van der Waals surface area contributed by atoms with Crippen molar-refractivity contribution in [3.8, 4) is 0 Å². The van der Waals surface area contributed by atoms with Gasteiger partial charge < -0.3 is 4.52 Å². The Bertz CT molecular complexity index is 484. The van der Waals surface area contributed by atoms with E-state index in [0.29, 0.717) is 0 Å². The molecule has 0 aliphatic carbocycles. The van der Waals surface area contributed by atoms with Crippen LogP contribution in [0.4, 0.5) is 0 Å². The lowest BCUT2D eigenvalue weighted by Crippen LogP contribution is -2.25. The van der Waals surface area contributed by atoms with Gasteiger partial charge >= 0.3 is 7.52 Å². The average molecular weight is 267 g/mol. The topological polar surface area (TPSA) is 29.5 Å². The highest BCUT2D eigenvalue weighted by atomic mass is 31.2. The lowest BCUT2D eigenvalue weighted by molar-refractivity contribution is 0.0884. The molecule has 1 aliphatic heterocycles. The molecule has 1 aromatic carbocycles. The summed E-state index contributed by atoms with van der Waals surface area (Å²) in [5, 5.41) is 0.887. The molecule has 0 saturated heterocycles. The maximum absolute atomic E-state index is 13.3. The van der Waals surface area contributed by atoms with Gasteiger partial charge in [0.25, 0.3) is 0 Å². The van der Waals surface area contributed by atoms with E-state index in [1.54, 1.807) is 0 Å². The lowest BCUT2D eigenvalue weighted by atomic mass is 9.94. The number of fused-ring (bicyclic) bond motifs is 1. The zero-order valence-corrected chi connectivity index (χ0v) is 12.5. The highest BCUT2D eigenvalue weighted by molar-refractivity contribution is 7.65. The molecule has 0 N–H and O–H groups in total. The summed E-state index contributed by atoms with van der Waals surface area (Å²) in [5.74, 6) is 0. The molecule has 1 heterocycles. The maximum atomic E-state index is 13.3. The predicted octanol–water partition coefficient (Wildman–Crippen LogP) is 3.50. The normalized spacial score (nSPS) is 30.7. The molecular formula is C14H22NO2P. The molecule has 3 nitrogen and oxygen atoms in total. The standard InChI is InChI=1S/C14H22NO2P/c1-5-14(4)12-10-8-9-11-13(12)18(16,17-14)15(6-2)7-3/h8-11H,5-7H2,1-4H3. The smallest absolute Gasteiger partial charge is 0.303 e. The molecule has 0 bridgehead atoms. The summed E-state index contributed by atoms with van der Waals surface area (Å²) in [7, 11) is -2.87. The first-order chi connectivity index (χ1) is 8.51. The first kappa shape index (κ1) is 13.8. The summed E-state index contributed by atoms with van der Waals surface area (Å²) in [6.45, 7) is 9.64. The highest BCUT2D eigenvalue weighted by Crippen LogP contribution is 2.61. The third-order valence-corrected chi connectivity index (χ3v) is 6.84. The van der Waals surface area contributed by atoms with Crippen molar-refractivity contribution in [1.82, 2.24) is 4.67 Å². The second-order valence-corrected chi connectivity index (χ2v) is 7.12. The second-order valence-electron chi connectivity index (χ2n) is 4.85. The Hall–Kier alpha value is -0.630. The molecule has 0 radical (unpaired) electrons. The molecule has 2 atom stereocenters. The van der Waals surface area contributed by atoms with E-state index in [1.165, 1.54) is 0 Å². The Balaban J connectivity index is 2.58. The molecule has 2 unspecified atom stereocenters. The first-order valence-corrected chi connectivity index (χ1v) is 8.26. The second kappa shape index (κ2) is 4.80. The Morgan fingerprint density at radius 3 is 2.39 bits per heavy atom. The lowest BCUT2D eigenvalue weighted by Gasteiger charge is -2.29. The van der Waals surface area contributed by atoms with Crippen molar-refractivity contribution in [3.05, 3.63) is 29.8 Å². The third-order valence-electron chi connectivity index (χ3n) is 3.88. The van der Waals surface area contributed by atoms with Crippen LogP contribution in [0.3, 0.4) is 0 Å². The fourth-order valence-electron chi connectivity index (χ4n) is 2.60. The van der Waals surface area contributed by atoms with E-state index in [-0.39, 0.29) is 0 Å². The van der Waals surface area contributed by atoms with Crippen LogP contribution in [0.15, 0.2) is 24.3 Å². The van der Waals surface area contributed by atoms with Crippen LogP contribution < -0.4 is 5.30 Å². The largest absolute Gasteiger partial charge is 0.303 e. The van der Waals surface area contributed by atoms with E-state index >= 15 is 0 Å². The Morgan fingerprint density at radius 1 is 1.22 bits per heavy atom. The minimum Gasteiger partial charge on any atom is -0.303 e. The average Bonchev–Trinajstić information content (AvgIpc) is 2.62. The fourth-order valence-corrected chi connectivity index (χ4v) is 5.53. The van der Waals surface area contributed by atoms with E-state index in [2.05, 4.69) is 6.92 Å². The van der Waals surface area contributed by atoms with Crippen molar-refractivity contribution in [1.29, 1.82) is 0 Å². The summed E-state index contributed by atoms with van der Waals surface area (Å²) < 4.78 is 21.3. The van der Waals surface area contributed by atoms with Gasteiger partial charge in [0, 0.05) is 13.1 Å². The van der Waals surface area contributed by atoms with Gasteiger partial charge in [0.15, 0.2) is 0 Å². The van der Waals surface area contributed by atoms with Gasteiger partial charge in [-0.15, -0.1) is 0 Å². The summed E-state index contributed by atoms with van der Waals surface area (Å²) in [4.78, 5) is 0. The maximum Gasteiger partial charge on any atom is 0.303 e. The van der Waals surface area contributed by atoms with Crippen LogP contribution in [0.1, 0.15) is 39.7 Å². The molecule has 1 aromatic rings. The van der Waals surface area contributed by atoms with Gasteiger partial charge in [-0.05, 0) is 25.0 Å². The van der Waals surface area contributed by atoms with E-state index < -0.39 is 13.1 Å². The molecule has 4 heteroatoms. The zero-order valence-electron chi connectivity index (χ0n) is 11.6. The van der Waals surface area contributed by atoms with Gasteiger partial charge in [0.05, 0.1) is 10.9 Å². The van der Waals surface area contributed by atoms with Gasteiger partial charge in [-0.25, -0.2) is 4.67 Å². The van der Waals surface area contributed by atoms with Gasteiger partial charge in [0.1, 0.15) is 0 Å². The molecule has 0 fully saturated rings. The number of rotatable bonds is 4. The molecule has 18 heavy (non-hydrogen) atoms. The van der Waals surface area contributed by atoms with Gasteiger partial charge in [-0.2, -0.15) is 0 Å². The van der Waals surface area contributed by atoms with Crippen LogP contribution >= 0.6 is 7.52 Å². The Morgan fingerprint density at radius 2 is 1.83 bits per heavy atom. The van der Waals surface area contributed by atoms with Crippen molar-refractivity contribution < 1.29 is 9.09 Å². The van der Waals surface area contributed by atoms with Gasteiger partial charge in [0.2, 0.25) is 0 Å². The van der Waals surface area contributed by atoms with E-state index in [4.69, 9.17) is 4.52 Å². The molecule has 0 aromatic heterocycles. The highest BCUT2D eigenvalue weighted by Gasteiger charge is 2.49. The first-order valence-electron chi connectivity index (χ1n) is 6.68. The SMILES string of the molecule is CCN(CC)P1(=O)OC(C)(CC)c2ccccc21. The Kier molecular flexibility index (Phi) is 3.68. The van der Waals surface area contributed by atoms with Crippen LogP contribution in [0.5, 0.6) is 0 Å².